The smallest absolute Gasteiger partial charge is 0.306 e. The van der Waals surface area contributed by atoms with Gasteiger partial charge in [0.25, 0.3) is 5.91 Å². The molecular formula is C33H37F2N3O6. The van der Waals surface area contributed by atoms with Crippen LogP contribution in [0.25, 0.3) is 0 Å². The van der Waals surface area contributed by atoms with Crippen LogP contribution >= 0.6 is 0 Å². The molecule has 9 nitrogen and oxygen atoms in total. The van der Waals surface area contributed by atoms with E-state index in [-0.39, 0.29) is 37.5 Å². The number of ether oxygens (including phenoxy) is 3. The molecule has 3 aromatic carbocycles. The van der Waals surface area contributed by atoms with Crippen LogP contribution in [0, 0.1) is 11.6 Å². The van der Waals surface area contributed by atoms with E-state index in [1.54, 1.807) is 69.3 Å². The fourth-order valence-corrected chi connectivity index (χ4v) is 4.69. The predicted molar refractivity (Wildman–Crippen MR) is 160 cm³/mol. The number of aliphatic hydroxyl groups is 1. The minimum atomic E-state index is -1.64. The number of halogens is 2. The average molecular weight is 610 g/mol. The van der Waals surface area contributed by atoms with Crippen LogP contribution in [0.1, 0.15) is 62.8 Å². The second kappa shape index (κ2) is 14.4. The van der Waals surface area contributed by atoms with Gasteiger partial charge in [0.2, 0.25) is 5.90 Å². The lowest BCUT2D eigenvalue weighted by molar-refractivity contribution is -0.155. The van der Waals surface area contributed by atoms with Gasteiger partial charge in [-0.15, -0.1) is 0 Å². The number of nitrogens with zero attached hydrogens (tertiary/aromatic N) is 1. The second-order valence-electron chi connectivity index (χ2n) is 11.3. The number of benzene rings is 3. The zero-order chi connectivity index (χ0) is 31.7. The number of carbonyl (C=O) groups excluding carboxylic acids is 2. The quantitative estimate of drug-likeness (QED) is 0.143. The van der Waals surface area contributed by atoms with Gasteiger partial charge in [0, 0.05) is 37.1 Å². The van der Waals surface area contributed by atoms with Crippen molar-refractivity contribution in [1.82, 2.24) is 10.9 Å². The van der Waals surface area contributed by atoms with Crippen molar-refractivity contribution in [3.05, 3.63) is 101 Å². The first-order valence-corrected chi connectivity index (χ1v) is 14.4. The Labute approximate surface area is 255 Å². The van der Waals surface area contributed by atoms with Crippen LogP contribution in [0.2, 0.25) is 0 Å². The number of carbonyl (C=O) groups is 2. The highest BCUT2D eigenvalue weighted by molar-refractivity contribution is 6.01. The first-order chi connectivity index (χ1) is 21.0. The first kappa shape index (κ1) is 32.6. The van der Waals surface area contributed by atoms with Gasteiger partial charge >= 0.3 is 5.97 Å². The summed E-state index contributed by atoms with van der Waals surface area (Å²) in [5.74, 6) is -1.64. The van der Waals surface area contributed by atoms with E-state index in [1.165, 1.54) is 0 Å². The number of amides is 1. The van der Waals surface area contributed by atoms with E-state index >= 15 is 0 Å². The minimum Gasteiger partial charge on any atom is -0.494 e. The average Bonchev–Trinajstić information content (AvgIpc) is 3.39. The van der Waals surface area contributed by atoms with Gasteiger partial charge in [0.15, 0.2) is 11.6 Å². The fourth-order valence-electron chi connectivity index (χ4n) is 4.69. The maximum absolute atomic E-state index is 14.2. The summed E-state index contributed by atoms with van der Waals surface area (Å²) >= 11 is 0. The predicted octanol–water partition coefficient (Wildman–Crippen LogP) is 4.93. The molecule has 44 heavy (non-hydrogen) atoms. The van der Waals surface area contributed by atoms with Crippen LogP contribution in [0.4, 0.5) is 8.78 Å². The van der Waals surface area contributed by atoms with Gasteiger partial charge in [-0.05, 0) is 75.2 Å². The van der Waals surface area contributed by atoms with Gasteiger partial charge in [0.1, 0.15) is 23.0 Å². The highest BCUT2D eigenvalue weighted by atomic mass is 19.1. The van der Waals surface area contributed by atoms with Crippen LogP contribution < -0.4 is 15.6 Å². The Bertz CT molecular complexity index is 1460. The molecule has 0 fully saturated rings. The summed E-state index contributed by atoms with van der Waals surface area (Å²) < 4.78 is 45.4. The number of nitrogens with one attached hydrogen (secondary N) is 2. The lowest BCUT2D eigenvalue weighted by Crippen LogP contribution is -2.52. The van der Waals surface area contributed by atoms with Crippen molar-refractivity contribution in [1.29, 1.82) is 0 Å². The molecule has 0 bridgehead atoms. The number of rotatable bonds is 13. The van der Waals surface area contributed by atoms with Gasteiger partial charge in [-0.2, -0.15) is 0 Å². The molecule has 3 aromatic rings. The van der Waals surface area contributed by atoms with Crippen molar-refractivity contribution in [2.75, 3.05) is 13.2 Å². The van der Waals surface area contributed by atoms with Crippen LogP contribution in [0.3, 0.4) is 0 Å². The number of hydrogen-bond donors (Lipinski definition) is 3. The molecule has 234 valence electrons. The molecule has 0 aliphatic carbocycles. The molecule has 1 aliphatic heterocycles. The second-order valence-corrected chi connectivity index (χ2v) is 11.3. The van der Waals surface area contributed by atoms with Crippen LogP contribution in [-0.2, 0) is 25.6 Å². The zero-order valence-electron chi connectivity index (χ0n) is 24.9. The number of hydrogen-bond acceptors (Lipinski definition) is 8. The molecular weight excluding hydrogens is 572 g/mol. The molecule has 1 amide bonds. The van der Waals surface area contributed by atoms with E-state index in [4.69, 9.17) is 24.3 Å². The molecule has 0 spiro atoms. The molecule has 0 saturated heterocycles. The number of aliphatic imine (C=N–C) groups is 1. The van der Waals surface area contributed by atoms with Crippen LogP contribution in [0.15, 0.2) is 77.8 Å². The highest BCUT2D eigenvalue weighted by Gasteiger charge is 2.53. The number of hydrazine groups is 1. The van der Waals surface area contributed by atoms with Gasteiger partial charge in [-0.1, -0.05) is 30.3 Å². The third kappa shape index (κ3) is 8.39. The monoisotopic (exact) mass is 609 g/mol. The van der Waals surface area contributed by atoms with Crippen molar-refractivity contribution >= 4 is 17.8 Å². The van der Waals surface area contributed by atoms with Crippen LogP contribution in [0.5, 0.6) is 5.75 Å². The molecule has 1 aliphatic rings. The summed E-state index contributed by atoms with van der Waals surface area (Å²) in [6.07, 6.45) is -0.667. The van der Waals surface area contributed by atoms with E-state index in [0.717, 1.165) is 18.2 Å². The minimum absolute atomic E-state index is 0.0147. The van der Waals surface area contributed by atoms with E-state index in [0.29, 0.717) is 29.9 Å². The molecule has 0 aromatic heterocycles. The fraction of sp³-hybridized carbons (Fsp3) is 0.364. The summed E-state index contributed by atoms with van der Waals surface area (Å²) in [4.78, 5) is 31.7. The first-order valence-electron chi connectivity index (χ1n) is 14.4. The topological polar surface area (TPSA) is 118 Å². The molecule has 0 unspecified atom stereocenters. The third-order valence-corrected chi connectivity index (χ3v) is 6.75. The SMILES string of the molecule is CC(C)(C)OC(=O)CC[C@]1(C(=O)NNCc2cc(F)ccc2F)N=C(c2ccc(OCCCO)cc2)O[C@H]1c1ccccc1. The van der Waals surface area contributed by atoms with Gasteiger partial charge in [0.05, 0.1) is 6.61 Å². The largest absolute Gasteiger partial charge is 0.494 e. The van der Waals surface area contributed by atoms with Crippen LogP contribution in [-0.4, -0.2) is 47.2 Å². The molecule has 3 N–H and O–H groups in total. The van der Waals surface area contributed by atoms with Crippen molar-refractivity contribution < 1.29 is 37.7 Å². The summed E-state index contributed by atoms with van der Waals surface area (Å²) in [5.41, 5.74) is 4.11. The Morgan fingerprint density at radius 2 is 1.77 bits per heavy atom. The highest BCUT2D eigenvalue weighted by Crippen LogP contribution is 2.43. The van der Waals surface area contributed by atoms with Crippen molar-refractivity contribution in [2.45, 2.75) is 63.8 Å². The maximum Gasteiger partial charge on any atom is 0.306 e. The van der Waals surface area contributed by atoms with Gasteiger partial charge in [-0.25, -0.2) is 19.2 Å². The van der Waals surface area contributed by atoms with Crippen molar-refractivity contribution in [3.8, 4) is 5.75 Å². The van der Waals surface area contributed by atoms with Crippen molar-refractivity contribution in [3.63, 3.8) is 0 Å². The number of esters is 1. The Morgan fingerprint density at radius 3 is 2.45 bits per heavy atom. The normalized spacial score (nSPS) is 17.9. The molecule has 0 radical (unpaired) electrons. The summed E-state index contributed by atoms with van der Waals surface area (Å²) in [6.45, 7) is 5.42. The summed E-state index contributed by atoms with van der Waals surface area (Å²) in [6, 6.07) is 19.0. The third-order valence-electron chi connectivity index (χ3n) is 6.75. The van der Waals surface area contributed by atoms with E-state index in [1.807, 2.05) is 6.07 Å². The molecule has 4 rings (SSSR count). The molecule has 11 heteroatoms. The van der Waals surface area contributed by atoms with E-state index in [2.05, 4.69) is 10.9 Å². The Morgan fingerprint density at radius 1 is 1.05 bits per heavy atom. The lowest BCUT2D eigenvalue weighted by atomic mass is 9.83. The zero-order valence-corrected chi connectivity index (χ0v) is 24.9. The number of aliphatic hydroxyl groups excluding tert-OH is 1. The Balaban J connectivity index is 1.67. The molecule has 1 heterocycles. The van der Waals surface area contributed by atoms with E-state index < -0.39 is 40.8 Å². The lowest BCUT2D eigenvalue weighted by Gasteiger charge is -2.31. The maximum atomic E-state index is 14.2. The Hall–Kier alpha value is -4.35. The Kier molecular flexibility index (Phi) is 10.7. The molecule has 2 atom stereocenters. The molecule has 0 saturated carbocycles. The summed E-state index contributed by atoms with van der Waals surface area (Å²) in [7, 11) is 0. The van der Waals surface area contributed by atoms with Crippen molar-refractivity contribution in [2.24, 2.45) is 4.99 Å². The van der Waals surface area contributed by atoms with E-state index in [9.17, 15) is 18.4 Å². The van der Waals surface area contributed by atoms with Gasteiger partial charge < -0.3 is 19.3 Å². The standard InChI is InChI=1S/C33H37F2N3O6/c1-32(2,3)44-28(40)16-17-33(31(41)38-36-21-24-20-25(34)12-15-27(24)35)29(22-8-5-4-6-9-22)43-30(37-33)23-10-13-26(14-11-23)42-19-7-18-39/h4-6,8-15,20,29,36,39H,7,16-19,21H2,1-3H3,(H,38,41)/t29-,33-/m0/s1. The summed E-state index contributed by atoms with van der Waals surface area (Å²) in [5, 5.41) is 9.00. The van der Waals surface area contributed by atoms with Gasteiger partial charge in [-0.3, -0.25) is 15.0 Å².